The van der Waals surface area contributed by atoms with Crippen LogP contribution in [0.2, 0.25) is 0 Å². The molecule has 0 aliphatic carbocycles. The number of para-hydroxylation sites is 3. The minimum Gasteiger partial charge on any atom is -0.485 e. The predicted octanol–water partition coefficient (Wildman–Crippen LogP) is 2.05. The number of piperidine rings is 1. The fourth-order valence-electron chi connectivity index (χ4n) is 3.60. The predicted molar refractivity (Wildman–Crippen MR) is 109 cm³/mol. The fourth-order valence-corrected chi connectivity index (χ4v) is 3.60. The minimum absolute atomic E-state index is 0.0231. The molecule has 0 spiro atoms. The second kappa shape index (κ2) is 8.96. The Morgan fingerprint density at radius 2 is 1.66 bits per heavy atom. The van der Waals surface area contributed by atoms with Crippen molar-refractivity contribution < 1.29 is 19.1 Å². The number of anilines is 1. The van der Waals surface area contributed by atoms with Gasteiger partial charge in [0.2, 0.25) is 12.0 Å². The van der Waals surface area contributed by atoms with Crippen molar-refractivity contribution in [1.29, 1.82) is 0 Å². The highest BCUT2D eigenvalue weighted by Gasteiger charge is 2.30. The molecular weight excluding hydrogens is 370 g/mol. The van der Waals surface area contributed by atoms with Crippen LogP contribution in [0.5, 0.6) is 11.5 Å². The molecule has 1 fully saturated rings. The molecule has 1 saturated heterocycles. The molecule has 1 atom stereocenters. The number of benzene rings is 2. The molecule has 2 heterocycles. The zero-order chi connectivity index (χ0) is 20.1. The number of hydrogen-bond acceptors (Lipinski definition) is 5. The van der Waals surface area contributed by atoms with E-state index < -0.39 is 6.10 Å². The molecule has 0 aromatic heterocycles. The van der Waals surface area contributed by atoms with Crippen LogP contribution in [-0.2, 0) is 9.59 Å². The first-order valence-corrected chi connectivity index (χ1v) is 9.93. The third-order valence-electron chi connectivity index (χ3n) is 5.16. The number of nitrogens with zero attached hydrogens (tertiary/aromatic N) is 1. The highest BCUT2D eigenvalue weighted by molar-refractivity contribution is 5.92. The molecule has 0 bridgehead atoms. The van der Waals surface area contributed by atoms with Gasteiger partial charge in [0.05, 0.1) is 6.54 Å². The van der Waals surface area contributed by atoms with Crippen molar-refractivity contribution in [2.45, 2.75) is 25.0 Å². The largest absolute Gasteiger partial charge is 0.485 e. The average Bonchev–Trinajstić information content (AvgIpc) is 2.75. The van der Waals surface area contributed by atoms with Gasteiger partial charge in [-0.3, -0.25) is 14.5 Å². The van der Waals surface area contributed by atoms with Crippen molar-refractivity contribution in [3.8, 4) is 11.5 Å². The van der Waals surface area contributed by atoms with Gasteiger partial charge in [-0.1, -0.05) is 30.3 Å². The molecule has 2 aromatic carbocycles. The van der Waals surface area contributed by atoms with Crippen LogP contribution in [0.1, 0.15) is 12.8 Å². The second-order valence-electron chi connectivity index (χ2n) is 7.34. The first-order valence-electron chi connectivity index (χ1n) is 9.93. The van der Waals surface area contributed by atoms with Crippen molar-refractivity contribution in [3.63, 3.8) is 0 Å². The molecule has 152 valence electrons. The van der Waals surface area contributed by atoms with E-state index in [1.807, 2.05) is 48.5 Å². The van der Waals surface area contributed by atoms with Crippen molar-refractivity contribution >= 4 is 17.5 Å². The van der Waals surface area contributed by atoms with Crippen molar-refractivity contribution in [3.05, 3.63) is 54.6 Å². The van der Waals surface area contributed by atoms with E-state index in [9.17, 15) is 9.59 Å². The summed E-state index contributed by atoms with van der Waals surface area (Å²) >= 11 is 0. The molecule has 4 rings (SSSR count). The van der Waals surface area contributed by atoms with Crippen LogP contribution >= 0.6 is 0 Å². The van der Waals surface area contributed by atoms with Crippen molar-refractivity contribution in [2.75, 3.05) is 31.6 Å². The SMILES string of the molecule is O=C(CN1CCC(NC(=O)C2COc3ccccc3O2)CC1)Nc1ccccc1. The molecule has 7 nitrogen and oxygen atoms in total. The summed E-state index contributed by atoms with van der Waals surface area (Å²) in [5.41, 5.74) is 0.802. The maximum Gasteiger partial charge on any atom is 0.264 e. The fraction of sp³-hybridized carbons (Fsp3) is 0.364. The van der Waals surface area contributed by atoms with E-state index in [1.165, 1.54) is 0 Å². The van der Waals surface area contributed by atoms with Gasteiger partial charge in [0.15, 0.2) is 11.5 Å². The molecule has 0 radical (unpaired) electrons. The standard InChI is InChI=1S/C22H25N3O4/c26-21(23-16-6-2-1-3-7-16)14-25-12-10-17(11-13-25)24-22(27)20-15-28-18-8-4-5-9-19(18)29-20/h1-9,17,20H,10-15H2,(H,23,26)(H,24,27). The Labute approximate surface area is 170 Å². The monoisotopic (exact) mass is 395 g/mol. The molecular formula is C22H25N3O4. The van der Waals surface area contributed by atoms with E-state index >= 15 is 0 Å². The molecule has 2 aliphatic heterocycles. The lowest BCUT2D eigenvalue weighted by molar-refractivity contribution is -0.131. The third-order valence-corrected chi connectivity index (χ3v) is 5.16. The Morgan fingerprint density at radius 1 is 0.966 bits per heavy atom. The molecule has 2 aromatic rings. The topological polar surface area (TPSA) is 79.9 Å². The summed E-state index contributed by atoms with van der Waals surface area (Å²) in [6.45, 7) is 2.09. The Balaban J connectivity index is 1.20. The third kappa shape index (κ3) is 5.06. The van der Waals surface area contributed by atoms with Crippen molar-refractivity contribution in [2.24, 2.45) is 0 Å². The van der Waals surface area contributed by atoms with E-state index in [0.717, 1.165) is 31.6 Å². The van der Waals surface area contributed by atoms with Gasteiger partial charge in [0, 0.05) is 24.8 Å². The summed E-state index contributed by atoms with van der Waals surface area (Å²) in [7, 11) is 0. The average molecular weight is 395 g/mol. The summed E-state index contributed by atoms with van der Waals surface area (Å²) < 4.78 is 11.4. The summed E-state index contributed by atoms with van der Waals surface area (Å²) in [5, 5.41) is 5.96. The lowest BCUT2D eigenvalue weighted by Crippen LogP contribution is -2.51. The number of fused-ring (bicyclic) bond motifs is 1. The van der Waals surface area contributed by atoms with Crippen LogP contribution in [0.15, 0.2) is 54.6 Å². The first kappa shape index (κ1) is 19.3. The van der Waals surface area contributed by atoms with Crippen molar-refractivity contribution in [1.82, 2.24) is 10.2 Å². The Kier molecular flexibility index (Phi) is 5.95. The molecule has 29 heavy (non-hydrogen) atoms. The quantitative estimate of drug-likeness (QED) is 0.810. The van der Waals surface area contributed by atoms with Gasteiger partial charge in [-0.15, -0.1) is 0 Å². The molecule has 1 unspecified atom stereocenters. The highest BCUT2D eigenvalue weighted by atomic mass is 16.6. The lowest BCUT2D eigenvalue weighted by atomic mass is 10.0. The van der Waals surface area contributed by atoms with Gasteiger partial charge in [-0.05, 0) is 37.1 Å². The molecule has 2 N–H and O–H groups in total. The molecule has 7 heteroatoms. The van der Waals surface area contributed by atoms with Gasteiger partial charge in [-0.2, -0.15) is 0 Å². The van der Waals surface area contributed by atoms with Crippen LogP contribution in [0, 0.1) is 0 Å². The number of amides is 2. The van der Waals surface area contributed by atoms with Gasteiger partial charge in [0.25, 0.3) is 5.91 Å². The number of rotatable bonds is 5. The zero-order valence-electron chi connectivity index (χ0n) is 16.2. The van der Waals surface area contributed by atoms with Gasteiger partial charge in [0.1, 0.15) is 6.61 Å². The normalized spacial score (nSPS) is 19.4. The Hall–Kier alpha value is -3.06. The Bertz CT molecular complexity index is 850. The summed E-state index contributed by atoms with van der Waals surface area (Å²) in [4.78, 5) is 26.8. The van der Waals surface area contributed by atoms with Crippen LogP contribution < -0.4 is 20.1 Å². The summed E-state index contributed by atoms with van der Waals surface area (Å²) in [5.74, 6) is 1.08. The van der Waals surface area contributed by atoms with Crippen LogP contribution in [-0.4, -0.2) is 55.1 Å². The minimum atomic E-state index is -0.639. The lowest BCUT2D eigenvalue weighted by Gasteiger charge is -2.33. The van der Waals surface area contributed by atoms with Crippen LogP contribution in [0.3, 0.4) is 0 Å². The molecule has 0 saturated carbocycles. The number of nitrogens with one attached hydrogen (secondary N) is 2. The summed E-state index contributed by atoms with van der Waals surface area (Å²) in [6.07, 6.45) is 0.961. The van der Waals surface area contributed by atoms with E-state index in [4.69, 9.17) is 9.47 Å². The van der Waals surface area contributed by atoms with E-state index in [0.29, 0.717) is 18.0 Å². The number of carbonyl (C=O) groups excluding carboxylic acids is 2. The zero-order valence-corrected chi connectivity index (χ0v) is 16.2. The maximum atomic E-state index is 12.5. The molecule has 2 amide bonds. The number of ether oxygens (including phenoxy) is 2. The number of carbonyl (C=O) groups is 2. The maximum absolute atomic E-state index is 12.5. The number of hydrogen-bond donors (Lipinski definition) is 2. The summed E-state index contributed by atoms with van der Waals surface area (Å²) in [6, 6.07) is 16.9. The number of likely N-dealkylation sites (tertiary alicyclic amines) is 1. The Morgan fingerprint density at radius 3 is 2.41 bits per heavy atom. The second-order valence-corrected chi connectivity index (χ2v) is 7.34. The van der Waals surface area contributed by atoms with Crippen LogP contribution in [0.4, 0.5) is 5.69 Å². The smallest absolute Gasteiger partial charge is 0.264 e. The first-order chi connectivity index (χ1) is 14.2. The van der Waals surface area contributed by atoms with E-state index in [1.54, 1.807) is 6.07 Å². The molecule has 2 aliphatic rings. The van der Waals surface area contributed by atoms with E-state index in [-0.39, 0.29) is 24.5 Å². The van der Waals surface area contributed by atoms with E-state index in [2.05, 4.69) is 15.5 Å². The van der Waals surface area contributed by atoms with Gasteiger partial charge < -0.3 is 20.1 Å². The van der Waals surface area contributed by atoms with Gasteiger partial charge >= 0.3 is 0 Å². The highest BCUT2D eigenvalue weighted by Crippen LogP contribution is 2.30. The van der Waals surface area contributed by atoms with Crippen LogP contribution in [0.25, 0.3) is 0 Å². The van der Waals surface area contributed by atoms with Gasteiger partial charge in [-0.25, -0.2) is 0 Å².